The van der Waals surface area contributed by atoms with E-state index in [0.29, 0.717) is 17.5 Å². The number of hydrogen-bond acceptors (Lipinski definition) is 5. The molecule has 5 nitrogen and oxygen atoms in total. The first-order valence-electron chi connectivity index (χ1n) is 18.5. The number of nitrogens with zero attached hydrogens (tertiary/aromatic N) is 5. The van der Waals surface area contributed by atoms with Gasteiger partial charge in [-0.05, 0) is 104 Å². The largest absolute Gasteiger partial charge is 0.264 e. The number of pyridine rings is 2. The molecule has 0 N–H and O–H groups in total. The molecule has 0 saturated heterocycles. The third kappa shape index (κ3) is 5.87. The zero-order valence-corrected chi connectivity index (χ0v) is 30.5. The molecule has 5 heteroatoms. The Bertz CT molecular complexity index is 2900. The van der Waals surface area contributed by atoms with Crippen LogP contribution in [-0.2, 0) is 5.41 Å². The van der Waals surface area contributed by atoms with Crippen molar-refractivity contribution in [3.8, 4) is 78.7 Å². The van der Waals surface area contributed by atoms with E-state index in [1.165, 1.54) is 22.3 Å². The van der Waals surface area contributed by atoms with Crippen LogP contribution in [-0.4, -0.2) is 24.9 Å². The third-order valence-electron chi connectivity index (χ3n) is 10.9. The first-order valence-corrected chi connectivity index (χ1v) is 18.5. The van der Waals surface area contributed by atoms with Crippen molar-refractivity contribution < 1.29 is 0 Å². The van der Waals surface area contributed by atoms with E-state index in [1.807, 2.05) is 61.1 Å². The smallest absolute Gasteiger partial charge is 0.164 e. The maximum absolute atomic E-state index is 5.20. The molecule has 0 spiro atoms. The topological polar surface area (TPSA) is 64.5 Å². The Balaban J connectivity index is 1.18. The monoisotopic (exact) mass is 705 g/mol. The number of aromatic nitrogens is 5. The lowest BCUT2D eigenvalue weighted by atomic mass is 9.81. The van der Waals surface area contributed by atoms with Crippen LogP contribution in [0.4, 0.5) is 0 Å². The summed E-state index contributed by atoms with van der Waals surface area (Å²) >= 11 is 0. The first-order chi connectivity index (χ1) is 27.0. The summed E-state index contributed by atoms with van der Waals surface area (Å²) < 4.78 is 0. The maximum atomic E-state index is 5.20. The Kier molecular flexibility index (Phi) is 7.74. The van der Waals surface area contributed by atoms with Gasteiger partial charge in [-0.25, -0.2) is 15.0 Å². The molecule has 0 aliphatic heterocycles. The fraction of sp³-hybridized carbons (Fsp3) is 0.0600. The molecule has 260 valence electrons. The van der Waals surface area contributed by atoms with Crippen molar-refractivity contribution in [3.63, 3.8) is 0 Å². The van der Waals surface area contributed by atoms with E-state index in [2.05, 4.69) is 133 Å². The predicted octanol–water partition coefficient (Wildman–Crippen LogP) is 12.1. The molecule has 0 fully saturated rings. The van der Waals surface area contributed by atoms with E-state index < -0.39 is 0 Å². The second-order valence-corrected chi connectivity index (χ2v) is 14.7. The second-order valence-electron chi connectivity index (χ2n) is 14.7. The van der Waals surface area contributed by atoms with Crippen molar-refractivity contribution in [2.45, 2.75) is 19.3 Å². The summed E-state index contributed by atoms with van der Waals surface area (Å²) in [6.45, 7) is 4.65. The normalized spacial score (nSPS) is 12.7. The minimum Gasteiger partial charge on any atom is -0.264 e. The SMILES string of the molecule is CC1(C)c2ccccc2-c2ccc(-c3cc(-c4cccc(-c5cccnc5)c4)cc(-c4nc(-c5ccccc5)nc(-c5ccc6ccncc6c5)n4)c3)cc21. The molecule has 3 heterocycles. The average molecular weight is 706 g/mol. The van der Waals surface area contributed by atoms with E-state index in [-0.39, 0.29) is 5.41 Å². The van der Waals surface area contributed by atoms with Gasteiger partial charge in [-0.3, -0.25) is 9.97 Å². The molecule has 0 atom stereocenters. The minimum atomic E-state index is -0.122. The predicted molar refractivity (Wildman–Crippen MR) is 223 cm³/mol. The van der Waals surface area contributed by atoms with Crippen LogP contribution in [0.25, 0.3) is 89.4 Å². The molecule has 9 aromatic rings. The van der Waals surface area contributed by atoms with Gasteiger partial charge in [-0.1, -0.05) is 117 Å². The third-order valence-corrected chi connectivity index (χ3v) is 10.9. The van der Waals surface area contributed by atoms with Gasteiger partial charge in [-0.2, -0.15) is 0 Å². The molecule has 0 bridgehead atoms. The van der Waals surface area contributed by atoms with Gasteiger partial charge in [0.15, 0.2) is 17.5 Å². The highest BCUT2D eigenvalue weighted by molar-refractivity contribution is 5.88. The molecule has 55 heavy (non-hydrogen) atoms. The van der Waals surface area contributed by atoms with Crippen LogP contribution in [0.3, 0.4) is 0 Å². The van der Waals surface area contributed by atoms with E-state index in [1.54, 1.807) is 6.20 Å². The summed E-state index contributed by atoms with van der Waals surface area (Å²) in [7, 11) is 0. The number of benzene rings is 6. The van der Waals surface area contributed by atoms with Gasteiger partial charge in [0.25, 0.3) is 0 Å². The lowest BCUT2D eigenvalue weighted by Gasteiger charge is -2.22. The van der Waals surface area contributed by atoms with Crippen LogP contribution >= 0.6 is 0 Å². The van der Waals surface area contributed by atoms with Crippen molar-refractivity contribution >= 4 is 10.8 Å². The molecule has 1 aliphatic rings. The van der Waals surface area contributed by atoms with Crippen molar-refractivity contribution in [1.29, 1.82) is 0 Å². The van der Waals surface area contributed by atoms with Crippen LogP contribution < -0.4 is 0 Å². The van der Waals surface area contributed by atoms with Gasteiger partial charge < -0.3 is 0 Å². The van der Waals surface area contributed by atoms with Gasteiger partial charge in [0.2, 0.25) is 0 Å². The van der Waals surface area contributed by atoms with Crippen molar-refractivity contribution in [2.75, 3.05) is 0 Å². The molecule has 0 saturated carbocycles. The molecule has 0 amide bonds. The Morgan fingerprint density at radius 3 is 1.75 bits per heavy atom. The van der Waals surface area contributed by atoms with Gasteiger partial charge in [0, 0.05) is 57.8 Å². The summed E-state index contributed by atoms with van der Waals surface area (Å²) in [5.41, 5.74) is 14.5. The van der Waals surface area contributed by atoms with Crippen LogP contribution in [0.5, 0.6) is 0 Å². The molecule has 0 unspecified atom stereocenters. The van der Waals surface area contributed by atoms with E-state index in [4.69, 9.17) is 15.0 Å². The lowest BCUT2D eigenvalue weighted by Crippen LogP contribution is -2.14. The van der Waals surface area contributed by atoms with Crippen LogP contribution in [0.15, 0.2) is 176 Å². The van der Waals surface area contributed by atoms with Crippen LogP contribution in [0.1, 0.15) is 25.0 Å². The van der Waals surface area contributed by atoms with Crippen molar-refractivity contribution in [1.82, 2.24) is 24.9 Å². The van der Waals surface area contributed by atoms with E-state index >= 15 is 0 Å². The van der Waals surface area contributed by atoms with E-state index in [9.17, 15) is 0 Å². The Morgan fingerprint density at radius 2 is 0.945 bits per heavy atom. The number of fused-ring (bicyclic) bond motifs is 4. The Labute approximate surface area is 320 Å². The molecule has 10 rings (SSSR count). The summed E-state index contributed by atoms with van der Waals surface area (Å²) in [6, 6.07) is 53.6. The first kappa shape index (κ1) is 32.5. The van der Waals surface area contributed by atoms with Crippen molar-refractivity contribution in [2.24, 2.45) is 0 Å². The van der Waals surface area contributed by atoms with Gasteiger partial charge >= 0.3 is 0 Å². The van der Waals surface area contributed by atoms with Gasteiger partial charge in [0.05, 0.1) is 0 Å². The van der Waals surface area contributed by atoms with Crippen LogP contribution in [0, 0.1) is 0 Å². The Morgan fingerprint density at radius 1 is 0.345 bits per heavy atom. The quantitative estimate of drug-likeness (QED) is 0.172. The highest BCUT2D eigenvalue weighted by Crippen LogP contribution is 2.49. The lowest BCUT2D eigenvalue weighted by molar-refractivity contribution is 0.660. The summed E-state index contributed by atoms with van der Waals surface area (Å²) in [4.78, 5) is 24.1. The second kappa shape index (κ2) is 13.1. The van der Waals surface area contributed by atoms with Crippen molar-refractivity contribution in [3.05, 3.63) is 188 Å². The highest BCUT2D eigenvalue weighted by atomic mass is 15.0. The molecule has 3 aromatic heterocycles. The maximum Gasteiger partial charge on any atom is 0.164 e. The minimum absolute atomic E-state index is 0.122. The molecule has 1 aliphatic carbocycles. The molecule has 0 radical (unpaired) electrons. The summed E-state index contributed by atoms with van der Waals surface area (Å²) in [6.07, 6.45) is 7.41. The van der Waals surface area contributed by atoms with Crippen LogP contribution in [0.2, 0.25) is 0 Å². The highest BCUT2D eigenvalue weighted by Gasteiger charge is 2.35. The van der Waals surface area contributed by atoms with Gasteiger partial charge in [-0.15, -0.1) is 0 Å². The number of rotatable bonds is 6. The molecule has 6 aromatic carbocycles. The zero-order valence-electron chi connectivity index (χ0n) is 30.5. The van der Waals surface area contributed by atoms with Gasteiger partial charge in [0.1, 0.15) is 0 Å². The summed E-state index contributed by atoms with van der Waals surface area (Å²) in [5, 5.41) is 2.14. The zero-order chi connectivity index (χ0) is 36.9. The molecular formula is C50H35N5. The Hall–Kier alpha value is -7.11. The van der Waals surface area contributed by atoms with E-state index in [0.717, 1.165) is 60.8 Å². The fourth-order valence-electron chi connectivity index (χ4n) is 7.96. The average Bonchev–Trinajstić information content (AvgIpc) is 3.49. The number of hydrogen-bond donors (Lipinski definition) is 0. The molecular weight excluding hydrogens is 671 g/mol. The fourth-order valence-corrected chi connectivity index (χ4v) is 7.96. The standard InChI is InChI=1S/C50H35N5/c1-50(2)45-16-7-6-15-43(45)44-20-19-36(29-46(44)50)40-26-39(35-13-8-12-34(24-35)38-14-9-22-51-30-38)27-41(28-40)49-54-47(33-10-4-3-5-11-33)53-48(55-49)37-18-17-32-21-23-52-31-42(32)25-37/h3-31H,1-2H3. The summed E-state index contributed by atoms with van der Waals surface area (Å²) in [5.74, 6) is 1.84.